The van der Waals surface area contributed by atoms with E-state index >= 15 is 0 Å². The summed E-state index contributed by atoms with van der Waals surface area (Å²) in [5, 5.41) is 6.22. The van der Waals surface area contributed by atoms with Gasteiger partial charge in [-0.25, -0.2) is 4.98 Å². The van der Waals surface area contributed by atoms with Gasteiger partial charge in [-0.05, 0) is 37.6 Å². The van der Waals surface area contributed by atoms with Gasteiger partial charge in [0.05, 0.1) is 17.1 Å². The first-order valence-corrected chi connectivity index (χ1v) is 10.2. The first-order chi connectivity index (χ1) is 13.6. The molecule has 0 fully saturated rings. The number of H-pyrrole nitrogens is 1. The van der Waals surface area contributed by atoms with E-state index in [2.05, 4.69) is 39.0 Å². The molecular weight excluding hydrogens is 416 g/mol. The number of aromatic nitrogens is 3. The summed E-state index contributed by atoms with van der Waals surface area (Å²) in [6.45, 7) is 4.14. The highest BCUT2D eigenvalue weighted by Crippen LogP contribution is 2.20. The molecule has 2 aromatic heterocycles. The Labute approximate surface area is 171 Å². The van der Waals surface area contributed by atoms with E-state index in [1.54, 1.807) is 12.3 Å². The Kier molecular flexibility index (Phi) is 5.13. The number of unbranched alkanes of at least 4 members (excludes halogenated alkanes) is 1. The van der Waals surface area contributed by atoms with Crippen LogP contribution in [0.1, 0.15) is 36.8 Å². The third kappa shape index (κ3) is 3.40. The number of aryl methyl sites for hydroxylation is 2. The van der Waals surface area contributed by atoms with E-state index in [1.807, 2.05) is 37.3 Å². The van der Waals surface area contributed by atoms with Gasteiger partial charge in [-0.1, -0.05) is 47.5 Å². The number of halogens is 1. The summed E-state index contributed by atoms with van der Waals surface area (Å²) in [6.07, 6.45) is 4.45. The Morgan fingerprint density at radius 1 is 1.21 bits per heavy atom. The zero-order valence-electron chi connectivity index (χ0n) is 15.9. The lowest BCUT2D eigenvalue weighted by molar-refractivity contribution is 0.675. The van der Waals surface area contributed by atoms with Crippen molar-refractivity contribution in [2.45, 2.75) is 33.1 Å². The van der Waals surface area contributed by atoms with E-state index < -0.39 is 0 Å². The van der Waals surface area contributed by atoms with Crippen molar-refractivity contribution in [2.75, 3.05) is 0 Å². The van der Waals surface area contributed by atoms with Crippen LogP contribution < -0.4 is 5.56 Å². The number of rotatable bonds is 5. The van der Waals surface area contributed by atoms with Crippen LogP contribution in [0.5, 0.6) is 0 Å². The minimum atomic E-state index is -0.147. The molecule has 6 heteroatoms. The van der Waals surface area contributed by atoms with Crippen LogP contribution in [0.25, 0.3) is 21.8 Å². The molecule has 28 heavy (non-hydrogen) atoms. The molecule has 1 N–H and O–H groups in total. The van der Waals surface area contributed by atoms with Crippen LogP contribution in [-0.2, 0) is 6.42 Å². The second-order valence-electron chi connectivity index (χ2n) is 6.86. The molecule has 4 aromatic rings. The van der Waals surface area contributed by atoms with E-state index in [9.17, 15) is 4.79 Å². The number of fused-ring (bicyclic) bond motifs is 2. The summed E-state index contributed by atoms with van der Waals surface area (Å²) in [4.78, 5) is 21.2. The Balaban J connectivity index is 1.88. The van der Waals surface area contributed by atoms with Crippen molar-refractivity contribution < 1.29 is 0 Å². The van der Waals surface area contributed by atoms with Gasteiger partial charge < -0.3 is 4.98 Å². The Hall–Kier alpha value is -2.73. The van der Waals surface area contributed by atoms with Crippen LogP contribution in [0.4, 0.5) is 0 Å². The number of hydrogen-bond acceptors (Lipinski definition) is 3. The SMILES string of the molecule is CCCCc1nc2ccc(Br)cc2c(=O)n1N=Cc1c(C)[nH]c2ccccc12. The number of benzene rings is 2. The van der Waals surface area contributed by atoms with E-state index in [4.69, 9.17) is 4.98 Å². The molecule has 0 aliphatic rings. The van der Waals surface area contributed by atoms with Gasteiger partial charge >= 0.3 is 0 Å². The van der Waals surface area contributed by atoms with Crippen LogP contribution in [0, 0.1) is 6.92 Å². The minimum Gasteiger partial charge on any atom is -0.358 e. The van der Waals surface area contributed by atoms with E-state index in [-0.39, 0.29) is 5.56 Å². The van der Waals surface area contributed by atoms with E-state index in [1.165, 1.54) is 4.68 Å². The van der Waals surface area contributed by atoms with Gasteiger partial charge in [0.2, 0.25) is 0 Å². The number of aromatic amines is 1. The Bertz CT molecular complexity index is 1250. The van der Waals surface area contributed by atoms with Gasteiger partial charge in [0.15, 0.2) is 0 Å². The first-order valence-electron chi connectivity index (χ1n) is 9.41. The summed E-state index contributed by atoms with van der Waals surface area (Å²) in [5.41, 5.74) is 3.61. The highest BCUT2D eigenvalue weighted by atomic mass is 79.9. The monoisotopic (exact) mass is 436 g/mol. The molecule has 0 atom stereocenters. The average molecular weight is 437 g/mol. The van der Waals surface area contributed by atoms with E-state index in [0.717, 1.165) is 39.5 Å². The van der Waals surface area contributed by atoms with E-state index in [0.29, 0.717) is 23.1 Å². The lowest BCUT2D eigenvalue weighted by atomic mass is 10.1. The Morgan fingerprint density at radius 3 is 2.86 bits per heavy atom. The zero-order valence-corrected chi connectivity index (χ0v) is 17.5. The molecule has 4 rings (SSSR count). The maximum Gasteiger partial charge on any atom is 0.282 e. The minimum absolute atomic E-state index is 0.147. The van der Waals surface area contributed by atoms with Crippen LogP contribution in [-0.4, -0.2) is 20.9 Å². The standard InChI is InChI=1S/C22H21BrN4O/c1-3-4-9-21-26-20-11-10-15(23)12-17(20)22(28)27(21)24-13-18-14(2)25-19-8-6-5-7-16(18)19/h5-8,10-13,25H,3-4,9H2,1-2H3. The number of nitrogens with one attached hydrogen (secondary N) is 1. The van der Waals surface area contributed by atoms with Gasteiger partial charge in [-0.2, -0.15) is 9.78 Å². The van der Waals surface area contributed by atoms with Crippen LogP contribution >= 0.6 is 15.9 Å². The van der Waals surface area contributed by atoms with Gasteiger partial charge in [0.1, 0.15) is 5.82 Å². The van der Waals surface area contributed by atoms with Crippen LogP contribution in [0.3, 0.4) is 0 Å². The molecule has 0 spiro atoms. The molecule has 0 aliphatic heterocycles. The summed E-state index contributed by atoms with van der Waals surface area (Å²) in [5.74, 6) is 0.690. The molecule has 0 saturated carbocycles. The number of para-hydroxylation sites is 1. The fourth-order valence-electron chi connectivity index (χ4n) is 3.39. The molecule has 2 heterocycles. The van der Waals surface area contributed by atoms with Gasteiger partial charge in [0.25, 0.3) is 5.56 Å². The van der Waals surface area contributed by atoms with Crippen molar-refractivity contribution in [2.24, 2.45) is 5.10 Å². The fourth-order valence-corrected chi connectivity index (χ4v) is 3.75. The summed E-state index contributed by atoms with van der Waals surface area (Å²) >= 11 is 3.44. The van der Waals surface area contributed by atoms with Crippen LogP contribution in [0.2, 0.25) is 0 Å². The highest BCUT2D eigenvalue weighted by Gasteiger charge is 2.12. The molecule has 0 saturated heterocycles. The summed E-state index contributed by atoms with van der Waals surface area (Å²) in [7, 11) is 0. The van der Waals surface area contributed by atoms with Crippen molar-refractivity contribution in [1.29, 1.82) is 0 Å². The predicted molar refractivity (Wildman–Crippen MR) is 118 cm³/mol. The lowest BCUT2D eigenvalue weighted by Gasteiger charge is -2.09. The lowest BCUT2D eigenvalue weighted by Crippen LogP contribution is -2.22. The molecule has 0 aliphatic carbocycles. The largest absolute Gasteiger partial charge is 0.358 e. The van der Waals surface area contributed by atoms with Crippen molar-refractivity contribution in [3.05, 3.63) is 74.4 Å². The number of nitrogens with zero attached hydrogens (tertiary/aromatic N) is 3. The second kappa shape index (κ2) is 7.72. The molecule has 5 nitrogen and oxygen atoms in total. The van der Waals surface area contributed by atoms with Gasteiger partial charge in [0, 0.05) is 33.1 Å². The molecule has 2 aromatic carbocycles. The first kappa shape index (κ1) is 18.6. The quantitative estimate of drug-likeness (QED) is 0.438. The maximum atomic E-state index is 13.2. The summed E-state index contributed by atoms with van der Waals surface area (Å²) in [6, 6.07) is 13.7. The predicted octanol–water partition coefficient (Wildman–Crippen LogP) is 5.17. The number of hydrogen-bond donors (Lipinski definition) is 1. The van der Waals surface area contributed by atoms with Crippen molar-refractivity contribution in [3.63, 3.8) is 0 Å². The van der Waals surface area contributed by atoms with Gasteiger partial charge in [-0.15, -0.1) is 0 Å². The fraction of sp³-hybridized carbons (Fsp3) is 0.227. The van der Waals surface area contributed by atoms with Crippen molar-refractivity contribution >= 4 is 44.0 Å². The smallest absolute Gasteiger partial charge is 0.282 e. The summed E-state index contributed by atoms with van der Waals surface area (Å²) < 4.78 is 2.30. The van der Waals surface area contributed by atoms with Gasteiger partial charge in [-0.3, -0.25) is 4.79 Å². The Morgan fingerprint density at radius 2 is 2.04 bits per heavy atom. The molecule has 0 radical (unpaired) electrons. The molecular formula is C22H21BrN4O. The average Bonchev–Trinajstić information content (AvgIpc) is 3.01. The molecule has 142 valence electrons. The molecule has 0 unspecified atom stereocenters. The third-order valence-corrected chi connectivity index (χ3v) is 5.37. The zero-order chi connectivity index (χ0) is 19.7. The van der Waals surface area contributed by atoms with Crippen molar-refractivity contribution in [3.8, 4) is 0 Å². The maximum absolute atomic E-state index is 13.2. The van der Waals surface area contributed by atoms with Crippen LogP contribution in [0.15, 0.2) is 56.8 Å². The second-order valence-corrected chi connectivity index (χ2v) is 7.78. The normalized spacial score (nSPS) is 11.8. The third-order valence-electron chi connectivity index (χ3n) is 4.88. The highest BCUT2D eigenvalue weighted by molar-refractivity contribution is 9.10. The topological polar surface area (TPSA) is 63.0 Å². The molecule has 0 amide bonds. The van der Waals surface area contributed by atoms with Crippen molar-refractivity contribution in [1.82, 2.24) is 14.6 Å². The molecule has 0 bridgehead atoms.